The normalized spacial score (nSPS) is 28.1. The third-order valence-corrected chi connectivity index (χ3v) is 5.51. The van der Waals surface area contributed by atoms with E-state index in [0.29, 0.717) is 29.1 Å². The minimum absolute atomic E-state index is 0.0768. The number of thiazole rings is 1. The summed E-state index contributed by atoms with van der Waals surface area (Å²) in [4.78, 5) is 4.24. The zero-order chi connectivity index (χ0) is 16.2. The molecule has 0 radical (unpaired) electrons. The number of nitrogens with zero attached hydrogens (tertiary/aromatic N) is 3. The van der Waals surface area contributed by atoms with Crippen molar-refractivity contribution >= 4 is 32.4 Å². The van der Waals surface area contributed by atoms with Crippen LogP contribution in [0.4, 0.5) is 18.3 Å². The zero-order valence-electron chi connectivity index (χ0n) is 12.0. The molecule has 1 aliphatic heterocycles. The lowest BCUT2D eigenvalue weighted by atomic mass is 9.80. The van der Waals surface area contributed by atoms with Gasteiger partial charge in [-0.2, -0.15) is 23.3 Å². The average molecular weight is 341 g/mol. The van der Waals surface area contributed by atoms with Crippen LogP contribution in [-0.2, 0) is 0 Å². The number of halogens is 3. The van der Waals surface area contributed by atoms with Crippen molar-refractivity contribution in [3.8, 4) is 0 Å². The highest BCUT2D eigenvalue weighted by Crippen LogP contribution is 2.50. The van der Waals surface area contributed by atoms with Crippen molar-refractivity contribution in [1.82, 2.24) is 4.98 Å². The van der Waals surface area contributed by atoms with E-state index in [9.17, 15) is 18.3 Å². The number of aromatic nitrogens is 1. The Hall–Kier alpha value is -1.67. The number of benzene rings is 1. The van der Waals surface area contributed by atoms with E-state index in [1.165, 1.54) is 0 Å². The van der Waals surface area contributed by atoms with E-state index in [0.717, 1.165) is 22.5 Å². The van der Waals surface area contributed by atoms with Gasteiger partial charge in [0.25, 0.3) is 5.72 Å². The van der Waals surface area contributed by atoms with E-state index < -0.39 is 17.8 Å². The van der Waals surface area contributed by atoms with Crippen LogP contribution >= 0.6 is 11.3 Å². The van der Waals surface area contributed by atoms with Gasteiger partial charge in [-0.1, -0.05) is 29.9 Å². The van der Waals surface area contributed by atoms with Crippen molar-refractivity contribution < 1.29 is 18.3 Å². The van der Waals surface area contributed by atoms with Crippen molar-refractivity contribution in [3.63, 3.8) is 0 Å². The van der Waals surface area contributed by atoms with Crippen molar-refractivity contribution in [2.45, 2.75) is 37.6 Å². The quantitative estimate of drug-likeness (QED) is 0.855. The average Bonchev–Trinajstić information content (AvgIpc) is 3.07. The molecule has 0 unspecified atom stereocenters. The van der Waals surface area contributed by atoms with Crippen LogP contribution in [0.2, 0.25) is 0 Å². The van der Waals surface area contributed by atoms with Gasteiger partial charge in [-0.25, -0.2) is 4.98 Å². The Kier molecular flexibility index (Phi) is 3.18. The van der Waals surface area contributed by atoms with Gasteiger partial charge in [-0.05, 0) is 31.4 Å². The Morgan fingerprint density at radius 2 is 2.04 bits per heavy atom. The van der Waals surface area contributed by atoms with E-state index in [-0.39, 0.29) is 11.6 Å². The van der Waals surface area contributed by atoms with Gasteiger partial charge in [0, 0.05) is 5.71 Å². The molecule has 1 N–H and O–H groups in total. The number of hydrazone groups is 1. The minimum Gasteiger partial charge on any atom is -0.362 e. The highest BCUT2D eigenvalue weighted by atomic mass is 32.1. The number of aliphatic hydroxyl groups is 1. The maximum absolute atomic E-state index is 13.7. The molecule has 122 valence electrons. The van der Waals surface area contributed by atoms with Crippen LogP contribution in [0.15, 0.2) is 29.4 Å². The lowest BCUT2D eigenvalue weighted by Gasteiger charge is -2.38. The molecule has 0 spiro atoms. The summed E-state index contributed by atoms with van der Waals surface area (Å²) in [7, 11) is 0. The number of hydrogen-bond donors (Lipinski definition) is 1. The van der Waals surface area contributed by atoms with Crippen molar-refractivity contribution in [2.75, 3.05) is 5.01 Å². The molecular weight excluding hydrogens is 327 g/mol. The van der Waals surface area contributed by atoms with Crippen LogP contribution in [-0.4, -0.2) is 27.7 Å². The number of para-hydroxylation sites is 1. The van der Waals surface area contributed by atoms with Crippen LogP contribution in [0.1, 0.15) is 25.7 Å². The Morgan fingerprint density at radius 1 is 1.26 bits per heavy atom. The summed E-state index contributed by atoms with van der Waals surface area (Å²) in [5.74, 6) is -1.01. The summed E-state index contributed by atoms with van der Waals surface area (Å²) in [6, 6.07) is 7.10. The number of fused-ring (bicyclic) bond motifs is 2. The lowest BCUT2D eigenvalue weighted by Crippen LogP contribution is -2.60. The monoisotopic (exact) mass is 341 g/mol. The van der Waals surface area contributed by atoms with E-state index in [1.54, 1.807) is 24.3 Å². The van der Waals surface area contributed by atoms with Crippen LogP contribution < -0.4 is 5.01 Å². The zero-order valence-corrected chi connectivity index (χ0v) is 12.9. The largest absolute Gasteiger partial charge is 0.439 e. The smallest absolute Gasteiger partial charge is 0.362 e. The van der Waals surface area contributed by atoms with Gasteiger partial charge in [0.05, 0.1) is 16.1 Å². The predicted molar refractivity (Wildman–Crippen MR) is 82.5 cm³/mol. The van der Waals surface area contributed by atoms with Gasteiger partial charge in [0.1, 0.15) is 0 Å². The van der Waals surface area contributed by atoms with Gasteiger partial charge in [-0.15, -0.1) is 0 Å². The number of hydrogen-bond acceptors (Lipinski definition) is 5. The van der Waals surface area contributed by atoms with Crippen molar-refractivity contribution in [3.05, 3.63) is 24.3 Å². The first-order valence-corrected chi connectivity index (χ1v) is 8.25. The lowest BCUT2D eigenvalue weighted by molar-refractivity contribution is -0.269. The number of anilines is 1. The molecule has 2 aliphatic rings. The summed E-state index contributed by atoms with van der Waals surface area (Å²) in [5.41, 5.74) is -1.97. The molecule has 4 nitrogen and oxygen atoms in total. The summed E-state index contributed by atoms with van der Waals surface area (Å²) in [5, 5.41) is 15.5. The molecule has 1 aliphatic carbocycles. The fourth-order valence-electron chi connectivity index (χ4n) is 3.36. The first-order chi connectivity index (χ1) is 10.9. The molecule has 1 fully saturated rings. The van der Waals surface area contributed by atoms with E-state index in [2.05, 4.69) is 10.1 Å². The molecule has 8 heteroatoms. The maximum atomic E-state index is 13.7. The summed E-state index contributed by atoms with van der Waals surface area (Å²) >= 11 is 1.11. The number of alkyl halides is 3. The second-order valence-corrected chi connectivity index (χ2v) is 6.90. The molecule has 0 saturated heterocycles. The maximum Gasteiger partial charge on any atom is 0.439 e. The molecule has 2 atom stereocenters. The van der Waals surface area contributed by atoms with Gasteiger partial charge < -0.3 is 5.11 Å². The summed E-state index contributed by atoms with van der Waals surface area (Å²) < 4.78 is 41.9. The third-order valence-electron chi connectivity index (χ3n) is 4.50. The van der Waals surface area contributed by atoms with E-state index >= 15 is 0 Å². The second kappa shape index (κ2) is 4.91. The standard InChI is InChI=1S/C15H14F3N3OS/c16-15(17,18)14(22)9-5-1-2-6-10(9)20-21(14)13-19-11-7-3-4-8-12(11)23-13/h3-4,7-9,22H,1-2,5-6H2/t9-,14-/m0/s1. The van der Waals surface area contributed by atoms with Crippen LogP contribution in [0.25, 0.3) is 10.2 Å². The summed E-state index contributed by atoms with van der Waals surface area (Å²) in [6.45, 7) is 0. The highest BCUT2D eigenvalue weighted by Gasteiger charge is 2.67. The SMILES string of the molecule is O[C@]1(C(F)(F)F)[C@H]2CCCCC2=NN1c1nc2ccccc2s1. The molecule has 23 heavy (non-hydrogen) atoms. The van der Waals surface area contributed by atoms with E-state index in [1.807, 2.05) is 0 Å². The molecule has 1 saturated carbocycles. The molecule has 0 bridgehead atoms. The molecule has 1 aromatic heterocycles. The van der Waals surface area contributed by atoms with Crippen molar-refractivity contribution in [1.29, 1.82) is 0 Å². The van der Waals surface area contributed by atoms with Crippen LogP contribution in [0.5, 0.6) is 0 Å². The first kappa shape index (κ1) is 14.9. The fourth-order valence-corrected chi connectivity index (χ4v) is 4.33. The van der Waals surface area contributed by atoms with Gasteiger partial charge in [0.2, 0.25) is 5.13 Å². The Morgan fingerprint density at radius 3 is 2.78 bits per heavy atom. The number of rotatable bonds is 1. The minimum atomic E-state index is -4.81. The Balaban J connectivity index is 1.85. The highest BCUT2D eigenvalue weighted by molar-refractivity contribution is 7.22. The third kappa shape index (κ3) is 2.08. The predicted octanol–water partition coefficient (Wildman–Crippen LogP) is 3.91. The molecule has 2 aromatic rings. The second-order valence-electron chi connectivity index (χ2n) is 5.89. The Bertz CT molecular complexity index is 755. The van der Waals surface area contributed by atoms with E-state index in [4.69, 9.17) is 0 Å². The molecule has 0 amide bonds. The van der Waals surface area contributed by atoms with Gasteiger partial charge in [-0.3, -0.25) is 0 Å². The van der Waals surface area contributed by atoms with Gasteiger partial charge in [0.15, 0.2) is 0 Å². The van der Waals surface area contributed by atoms with Crippen molar-refractivity contribution in [2.24, 2.45) is 11.0 Å². The first-order valence-electron chi connectivity index (χ1n) is 7.43. The molecule has 2 heterocycles. The molecule has 4 rings (SSSR count). The topological polar surface area (TPSA) is 48.7 Å². The fraction of sp³-hybridized carbons (Fsp3) is 0.467. The molecule has 1 aromatic carbocycles. The summed E-state index contributed by atoms with van der Waals surface area (Å²) in [6.07, 6.45) is -2.56. The van der Waals surface area contributed by atoms with Gasteiger partial charge >= 0.3 is 6.18 Å². The Labute approximate surface area is 134 Å². The van der Waals surface area contributed by atoms with Crippen LogP contribution in [0, 0.1) is 5.92 Å². The van der Waals surface area contributed by atoms with Crippen LogP contribution in [0.3, 0.4) is 0 Å². The molecular formula is C15H14F3N3OS.